The van der Waals surface area contributed by atoms with E-state index in [9.17, 15) is 17.6 Å². The van der Waals surface area contributed by atoms with Gasteiger partial charge in [-0.25, -0.2) is 22.3 Å². The first-order chi connectivity index (χ1) is 9.69. The summed E-state index contributed by atoms with van der Waals surface area (Å²) in [7, 11) is -4.20. The normalized spacial score (nSPS) is 13.1. The lowest BCUT2D eigenvalue weighted by Gasteiger charge is -2.15. The molecule has 0 fully saturated rings. The number of nitrogens with one attached hydrogen (secondary N) is 1. The van der Waals surface area contributed by atoms with E-state index in [4.69, 9.17) is 10.2 Å². The van der Waals surface area contributed by atoms with Crippen molar-refractivity contribution in [2.45, 2.75) is 30.7 Å². The van der Waals surface area contributed by atoms with Gasteiger partial charge in [-0.05, 0) is 31.9 Å². The number of aromatic carboxylic acids is 1. The second-order valence-corrected chi connectivity index (χ2v) is 7.06. The molecule has 0 aromatic heterocycles. The Kier molecular flexibility index (Phi) is 6.26. The summed E-state index contributed by atoms with van der Waals surface area (Å²) in [4.78, 5) is 10.2. The number of halogens is 2. The van der Waals surface area contributed by atoms with Gasteiger partial charge in [0.15, 0.2) is 5.82 Å². The molecule has 0 aliphatic heterocycles. The number of sulfonamides is 1. The van der Waals surface area contributed by atoms with Gasteiger partial charge in [0, 0.05) is 17.1 Å². The van der Waals surface area contributed by atoms with Gasteiger partial charge in [0.2, 0.25) is 10.0 Å². The van der Waals surface area contributed by atoms with Gasteiger partial charge >= 0.3 is 5.97 Å². The highest BCUT2D eigenvalue weighted by molar-refractivity contribution is 9.10. The van der Waals surface area contributed by atoms with E-state index in [1.165, 1.54) is 0 Å². The smallest absolute Gasteiger partial charge is 0.338 e. The lowest BCUT2D eigenvalue weighted by Crippen LogP contribution is -2.33. The van der Waals surface area contributed by atoms with Crippen molar-refractivity contribution in [3.63, 3.8) is 0 Å². The summed E-state index contributed by atoms with van der Waals surface area (Å²) in [5.41, 5.74) is -0.729. The quantitative estimate of drug-likeness (QED) is 0.664. The van der Waals surface area contributed by atoms with Crippen LogP contribution >= 0.6 is 15.9 Å². The van der Waals surface area contributed by atoms with Crippen LogP contribution in [0.5, 0.6) is 0 Å². The van der Waals surface area contributed by atoms with E-state index >= 15 is 0 Å². The Morgan fingerprint density at radius 1 is 1.48 bits per heavy atom. The zero-order valence-corrected chi connectivity index (χ0v) is 13.5. The van der Waals surface area contributed by atoms with Crippen molar-refractivity contribution < 1.29 is 27.8 Å². The molecule has 1 aromatic rings. The minimum absolute atomic E-state index is 0.0829. The molecular formula is C12H15BrFNO5S. The molecule has 0 heterocycles. The fourth-order valence-electron chi connectivity index (χ4n) is 1.70. The van der Waals surface area contributed by atoms with Crippen molar-refractivity contribution in [2.75, 3.05) is 6.61 Å². The van der Waals surface area contributed by atoms with Crippen molar-refractivity contribution in [3.8, 4) is 0 Å². The molecule has 3 N–H and O–H groups in total. The summed E-state index contributed by atoms with van der Waals surface area (Å²) in [5.74, 6) is -2.87. The van der Waals surface area contributed by atoms with E-state index in [1.54, 1.807) is 6.92 Å². The SMILES string of the molecule is CC(CCCO)NS(=O)(=O)c1cc(Br)cc(C(=O)O)c1F. The summed E-state index contributed by atoms with van der Waals surface area (Å²) in [6, 6.07) is 1.48. The van der Waals surface area contributed by atoms with E-state index in [-0.39, 0.29) is 11.1 Å². The van der Waals surface area contributed by atoms with Gasteiger partial charge < -0.3 is 10.2 Å². The van der Waals surface area contributed by atoms with Crippen molar-refractivity contribution in [3.05, 3.63) is 28.0 Å². The minimum Gasteiger partial charge on any atom is -0.478 e. The number of carboxylic acids is 1. The fraction of sp³-hybridized carbons (Fsp3) is 0.417. The first-order valence-corrected chi connectivity index (χ1v) is 8.32. The summed E-state index contributed by atoms with van der Waals surface area (Å²) in [6.07, 6.45) is 0.766. The van der Waals surface area contributed by atoms with Gasteiger partial charge in [0.05, 0.1) is 5.56 Å². The monoisotopic (exact) mass is 383 g/mol. The number of carboxylic acid groups (broad SMARTS) is 1. The van der Waals surface area contributed by atoms with Gasteiger partial charge in [-0.2, -0.15) is 0 Å². The van der Waals surface area contributed by atoms with E-state index in [2.05, 4.69) is 20.7 Å². The van der Waals surface area contributed by atoms with Crippen molar-refractivity contribution >= 4 is 31.9 Å². The number of hydrogen-bond acceptors (Lipinski definition) is 4. The van der Waals surface area contributed by atoms with Crippen molar-refractivity contribution in [1.29, 1.82) is 0 Å². The molecule has 0 bridgehead atoms. The fourth-order valence-corrected chi connectivity index (χ4v) is 3.71. The summed E-state index contributed by atoms with van der Waals surface area (Å²) in [5, 5.41) is 17.6. The number of benzene rings is 1. The molecule has 1 aromatic carbocycles. The second-order valence-electron chi connectivity index (χ2n) is 4.46. The maximum absolute atomic E-state index is 14.0. The van der Waals surface area contributed by atoms with E-state index < -0.39 is 38.3 Å². The van der Waals surface area contributed by atoms with E-state index in [0.29, 0.717) is 12.8 Å². The lowest BCUT2D eigenvalue weighted by atomic mass is 10.2. The van der Waals surface area contributed by atoms with Crippen LogP contribution < -0.4 is 4.72 Å². The highest BCUT2D eigenvalue weighted by atomic mass is 79.9. The number of rotatable bonds is 7. The Hall–Kier alpha value is -1.03. The highest BCUT2D eigenvalue weighted by Gasteiger charge is 2.26. The molecule has 0 saturated heterocycles. The average Bonchev–Trinajstić information content (AvgIpc) is 2.37. The number of aliphatic hydroxyl groups excluding tert-OH is 1. The lowest BCUT2D eigenvalue weighted by molar-refractivity contribution is 0.0691. The molecule has 0 spiro atoms. The van der Waals surface area contributed by atoms with Gasteiger partial charge in [0.1, 0.15) is 4.90 Å². The average molecular weight is 384 g/mol. The van der Waals surface area contributed by atoms with Crippen LogP contribution in [0.1, 0.15) is 30.1 Å². The molecule has 21 heavy (non-hydrogen) atoms. The molecule has 118 valence electrons. The topological polar surface area (TPSA) is 104 Å². The van der Waals surface area contributed by atoms with Crippen LogP contribution in [-0.4, -0.2) is 37.2 Å². The molecule has 0 amide bonds. The standard InChI is InChI=1S/C12H15BrFNO5S/c1-7(3-2-4-16)15-21(19,20)10-6-8(13)5-9(11(10)14)12(17)18/h5-7,15-16H,2-4H2,1H3,(H,17,18). The van der Waals surface area contributed by atoms with Crippen LogP contribution in [0.2, 0.25) is 0 Å². The van der Waals surface area contributed by atoms with Crippen LogP contribution in [0.15, 0.2) is 21.5 Å². The number of aliphatic hydroxyl groups is 1. The molecular weight excluding hydrogens is 369 g/mol. The number of hydrogen-bond donors (Lipinski definition) is 3. The molecule has 9 heteroatoms. The molecule has 1 unspecified atom stereocenters. The van der Waals surface area contributed by atoms with Gasteiger partial charge in [-0.15, -0.1) is 0 Å². The minimum atomic E-state index is -4.20. The Bertz CT molecular complexity index is 635. The van der Waals surface area contributed by atoms with Gasteiger partial charge in [-0.3, -0.25) is 0 Å². The zero-order valence-electron chi connectivity index (χ0n) is 11.1. The Morgan fingerprint density at radius 2 is 2.10 bits per heavy atom. The largest absolute Gasteiger partial charge is 0.478 e. The molecule has 0 aliphatic rings. The van der Waals surface area contributed by atoms with Crippen LogP contribution in [0.4, 0.5) is 4.39 Å². The van der Waals surface area contributed by atoms with Crippen LogP contribution in [0.3, 0.4) is 0 Å². The maximum Gasteiger partial charge on any atom is 0.338 e. The Balaban J connectivity index is 3.17. The second kappa shape index (κ2) is 7.30. The third-order valence-corrected chi connectivity index (χ3v) is 4.72. The van der Waals surface area contributed by atoms with Crippen molar-refractivity contribution in [1.82, 2.24) is 4.72 Å². The molecule has 6 nitrogen and oxygen atoms in total. The zero-order chi connectivity index (χ0) is 16.2. The summed E-state index contributed by atoms with van der Waals surface area (Å²) in [6.45, 7) is 1.49. The molecule has 1 atom stereocenters. The Labute approximate surface area is 130 Å². The number of carbonyl (C=O) groups is 1. The van der Waals surface area contributed by atoms with E-state index in [1.807, 2.05) is 0 Å². The van der Waals surface area contributed by atoms with Crippen LogP contribution in [-0.2, 0) is 10.0 Å². The predicted octanol–water partition coefficient (Wildman–Crippen LogP) is 1.73. The highest BCUT2D eigenvalue weighted by Crippen LogP contribution is 2.24. The third-order valence-electron chi connectivity index (χ3n) is 2.68. The molecule has 0 saturated carbocycles. The maximum atomic E-state index is 14.0. The molecule has 1 rings (SSSR count). The van der Waals surface area contributed by atoms with Gasteiger partial charge in [0.25, 0.3) is 0 Å². The summed E-state index contributed by atoms with van der Waals surface area (Å²) < 4.78 is 40.7. The van der Waals surface area contributed by atoms with Crippen LogP contribution in [0.25, 0.3) is 0 Å². The first kappa shape index (κ1) is 18.0. The first-order valence-electron chi connectivity index (χ1n) is 6.04. The summed E-state index contributed by atoms with van der Waals surface area (Å²) >= 11 is 2.96. The van der Waals surface area contributed by atoms with E-state index in [0.717, 1.165) is 12.1 Å². The van der Waals surface area contributed by atoms with Gasteiger partial charge in [-0.1, -0.05) is 15.9 Å². The van der Waals surface area contributed by atoms with Crippen molar-refractivity contribution in [2.24, 2.45) is 0 Å². The molecule has 0 aliphatic carbocycles. The van der Waals surface area contributed by atoms with Crippen LogP contribution in [0, 0.1) is 5.82 Å². The Morgan fingerprint density at radius 3 is 2.62 bits per heavy atom. The third kappa shape index (κ3) is 4.73. The molecule has 0 radical (unpaired) electrons. The predicted molar refractivity (Wildman–Crippen MR) is 77.2 cm³/mol.